The second-order valence-corrected chi connectivity index (χ2v) is 8.06. The third-order valence-electron chi connectivity index (χ3n) is 6.11. The van der Waals surface area contributed by atoms with Gasteiger partial charge in [0.1, 0.15) is 0 Å². The van der Waals surface area contributed by atoms with Gasteiger partial charge in [0.15, 0.2) is 0 Å². The van der Waals surface area contributed by atoms with Crippen LogP contribution < -0.4 is 9.80 Å². The molecule has 2 aromatic carbocycles. The lowest BCUT2D eigenvalue weighted by Gasteiger charge is -2.32. The molecule has 0 atom stereocenters. The lowest BCUT2D eigenvalue weighted by molar-refractivity contribution is 0.0926. The maximum Gasteiger partial charge on any atom is 0.268 e. The summed E-state index contributed by atoms with van der Waals surface area (Å²) in [6.45, 7) is 3.96. The second-order valence-electron chi connectivity index (χ2n) is 8.06. The Morgan fingerprint density at radius 3 is 2.27 bits per heavy atom. The molecule has 3 heterocycles. The Morgan fingerprint density at radius 1 is 0.833 bits per heavy atom. The van der Waals surface area contributed by atoms with Gasteiger partial charge in [0.05, 0.1) is 33.7 Å². The number of imide groups is 1. The van der Waals surface area contributed by atoms with Gasteiger partial charge in [-0.25, -0.2) is 4.90 Å². The Kier molecular flexibility index (Phi) is 4.74. The van der Waals surface area contributed by atoms with Crippen molar-refractivity contribution >= 4 is 34.1 Å². The number of fused-ring (bicyclic) bond motifs is 3. The van der Waals surface area contributed by atoms with Crippen LogP contribution in [0.3, 0.4) is 0 Å². The van der Waals surface area contributed by atoms with Crippen molar-refractivity contribution in [3.05, 3.63) is 65.4 Å². The molecule has 0 bridgehead atoms. The number of piperidine rings is 1. The quantitative estimate of drug-likeness (QED) is 0.581. The van der Waals surface area contributed by atoms with Gasteiger partial charge in [-0.3, -0.25) is 14.6 Å². The van der Waals surface area contributed by atoms with Crippen LogP contribution in [0.1, 0.15) is 59.0 Å². The summed E-state index contributed by atoms with van der Waals surface area (Å²) in [6, 6.07) is 15.4. The van der Waals surface area contributed by atoms with E-state index in [9.17, 15) is 9.59 Å². The summed E-state index contributed by atoms with van der Waals surface area (Å²) in [4.78, 5) is 35.7. The highest BCUT2D eigenvalue weighted by Crippen LogP contribution is 2.39. The lowest BCUT2D eigenvalue weighted by atomic mass is 10.0. The molecule has 2 aliphatic heterocycles. The maximum absolute atomic E-state index is 13.7. The highest BCUT2D eigenvalue weighted by atomic mass is 16.2. The SMILES string of the molecule is CCCc1nc2ccccc2c2c1C(=O)N(c1ccccc1N1CCCCC1)C2=O. The summed E-state index contributed by atoms with van der Waals surface area (Å²) in [6.07, 6.45) is 5.03. The highest BCUT2D eigenvalue weighted by Gasteiger charge is 2.41. The minimum absolute atomic E-state index is 0.240. The van der Waals surface area contributed by atoms with Gasteiger partial charge >= 0.3 is 0 Å². The molecule has 1 saturated heterocycles. The van der Waals surface area contributed by atoms with E-state index in [0.29, 0.717) is 23.2 Å². The molecule has 3 aromatic rings. The molecule has 5 heteroatoms. The smallest absolute Gasteiger partial charge is 0.268 e. The van der Waals surface area contributed by atoms with Crippen LogP contribution in [0.2, 0.25) is 0 Å². The van der Waals surface area contributed by atoms with Gasteiger partial charge in [0.2, 0.25) is 0 Å². The van der Waals surface area contributed by atoms with Crippen molar-refractivity contribution in [2.75, 3.05) is 22.9 Å². The van der Waals surface area contributed by atoms with Crippen molar-refractivity contribution in [2.45, 2.75) is 39.0 Å². The van der Waals surface area contributed by atoms with Gasteiger partial charge in [-0.2, -0.15) is 0 Å². The molecule has 5 rings (SSSR count). The average Bonchev–Trinajstić information content (AvgIpc) is 3.05. The van der Waals surface area contributed by atoms with E-state index < -0.39 is 0 Å². The highest BCUT2D eigenvalue weighted by molar-refractivity contribution is 6.38. The van der Waals surface area contributed by atoms with E-state index in [-0.39, 0.29) is 11.8 Å². The summed E-state index contributed by atoms with van der Waals surface area (Å²) in [5, 5.41) is 0.753. The molecule has 2 amide bonds. The van der Waals surface area contributed by atoms with Gasteiger partial charge in [0.25, 0.3) is 11.8 Å². The normalized spacial score (nSPS) is 16.4. The number of aryl methyl sites for hydroxylation is 1. The fourth-order valence-corrected chi connectivity index (χ4v) is 4.72. The Balaban J connectivity index is 1.68. The number of nitrogens with zero attached hydrogens (tertiary/aromatic N) is 3. The van der Waals surface area contributed by atoms with E-state index in [1.807, 2.05) is 48.5 Å². The Bertz CT molecular complexity index is 1150. The lowest BCUT2D eigenvalue weighted by Crippen LogP contribution is -2.34. The van der Waals surface area contributed by atoms with Crippen LogP contribution in [0.4, 0.5) is 11.4 Å². The van der Waals surface area contributed by atoms with E-state index in [1.165, 1.54) is 11.3 Å². The van der Waals surface area contributed by atoms with Crippen molar-refractivity contribution in [2.24, 2.45) is 0 Å². The number of para-hydroxylation sites is 3. The number of hydrogen-bond donors (Lipinski definition) is 0. The molecule has 0 aliphatic carbocycles. The second kappa shape index (κ2) is 7.56. The molecule has 1 fully saturated rings. The fourth-order valence-electron chi connectivity index (χ4n) is 4.72. The molecule has 2 aliphatic rings. The zero-order valence-corrected chi connectivity index (χ0v) is 17.2. The number of carbonyl (C=O) groups excluding carboxylic acids is 2. The monoisotopic (exact) mass is 399 g/mol. The van der Waals surface area contributed by atoms with Crippen LogP contribution in [0, 0.1) is 0 Å². The summed E-state index contributed by atoms with van der Waals surface area (Å²) in [7, 11) is 0. The molecule has 1 aromatic heterocycles. The van der Waals surface area contributed by atoms with Crippen LogP contribution in [-0.2, 0) is 6.42 Å². The van der Waals surface area contributed by atoms with E-state index >= 15 is 0 Å². The van der Waals surface area contributed by atoms with Crippen molar-refractivity contribution < 1.29 is 9.59 Å². The van der Waals surface area contributed by atoms with Crippen molar-refractivity contribution in [1.29, 1.82) is 0 Å². The third-order valence-corrected chi connectivity index (χ3v) is 6.11. The largest absolute Gasteiger partial charge is 0.370 e. The van der Waals surface area contributed by atoms with E-state index in [4.69, 9.17) is 4.98 Å². The summed E-state index contributed by atoms with van der Waals surface area (Å²) in [5.41, 5.74) is 4.11. The average molecular weight is 399 g/mol. The number of rotatable bonds is 4. The fraction of sp³-hybridized carbons (Fsp3) is 0.320. The van der Waals surface area contributed by atoms with Crippen LogP contribution in [-0.4, -0.2) is 29.9 Å². The zero-order chi connectivity index (χ0) is 20.7. The first kappa shape index (κ1) is 18.8. The maximum atomic E-state index is 13.7. The molecule has 0 radical (unpaired) electrons. The summed E-state index contributed by atoms with van der Waals surface area (Å²) >= 11 is 0. The van der Waals surface area contributed by atoms with Gasteiger partial charge in [0, 0.05) is 18.5 Å². The van der Waals surface area contributed by atoms with Crippen molar-refractivity contribution in [3.8, 4) is 0 Å². The van der Waals surface area contributed by atoms with Crippen LogP contribution in [0.25, 0.3) is 10.9 Å². The van der Waals surface area contributed by atoms with Crippen LogP contribution >= 0.6 is 0 Å². The summed E-state index contributed by atoms with van der Waals surface area (Å²) < 4.78 is 0. The molecule has 5 nitrogen and oxygen atoms in total. The number of hydrogen-bond acceptors (Lipinski definition) is 4. The molecule has 0 saturated carbocycles. The predicted octanol–water partition coefficient (Wildman–Crippen LogP) is 4.98. The minimum Gasteiger partial charge on any atom is -0.370 e. The predicted molar refractivity (Wildman–Crippen MR) is 119 cm³/mol. The van der Waals surface area contributed by atoms with E-state index in [0.717, 1.165) is 54.6 Å². The number of benzene rings is 2. The molecule has 152 valence electrons. The molecular formula is C25H25N3O2. The van der Waals surface area contributed by atoms with Gasteiger partial charge in [-0.15, -0.1) is 0 Å². The molecular weight excluding hydrogens is 374 g/mol. The van der Waals surface area contributed by atoms with Crippen molar-refractivity contribution in [3.63, 3.8) is 0 Å². The Morgan fingerprint density at radius 2 is 1.50 bits per heavy atom. The first-order chi connectivity index (χ1) is 14.7. The third kappa shape index (κ3) is 2.88. The first-order valence-electron chi connectivity index (χ1n) is 10.8. The summed E-state index contributed by atoms with van der Waals surface area (Å²) in [5.74, 6) is -0.489. The Labute approximate surface area is 176 Å². The number of amides is 2. The van der Waals surface area contributed by atoms with Crippen molar-refractivity contribution in [1.82, 2.24) is 4.98 Å². The number of pyridine rings is 1. The zero-order valence-electron chi connectivity index (χ0n) is 17.2. The molecule has 0 unspecified atom stereocenters. The molecule has 0 N–H and O–H groups in total. The van der Waals surface area contributed by atoms with Gasteiger partial charge in [-0.05, 0) is 43.9 Å². The Hall–Kier alpha value is -3.21. The first-order valence-corrected chi connectivity index (χ1v) is 10.8. The molecule has 0 spiro atoms. The number of carbonyl (C=O) groups is 2. The van der Waals surface area contributed by atoms with Crippen LogP contribution in [0.15, 0.2) is 48.5 Å². The van der Waals surface area contributed by atoms with Gasteiger partial charge < -0.3 is 4.90 Å². The van der Waals surface area contributed by atoms with Crippen LogP contribution in [0.5, 0.6) is 0 Å². The van der Waals surface area contributed by atoms with Gasteiger partial charge in [-0.1, -0.05) is 43.7 Å². The number of aromatic nitrogens is 1. The standard InChI is InChI=1S/C25H25N3O2/c1-2-10-19-23-22(17-11-4-5-12-18(17)26-19)24(29)28(25(23)30)21-14-7-6-13-20(21)27-15-8-3-9-16-27/h4-7,11-14H,2-3,8-10,15-16H2,1H3. The molecule has 30 heavy (non-hydrogen) atoms. The topological polar surface area (TPSA) is 53.5 Å². The minimum atomic E-state index is -0.249. The van der Waals surface area contributed by atoms with E-state index in [2.05, 4.69) is 11.8 Å². The van der Waals surface area contributed by atoms with E-state index in [1.54, 1.807) is 0 Å². The number of anilines is 2.